The highest BCUT2D eigenvalue weighted by Crippen LogP contribution is 2.43. The molecule has 0 saturated heterocycles. The van der Waals surface area contributed by atoms with E-state index < -0.39 is 0 Å². The lowest BCUT2D eigenvalue weighted by Gasteiger charge is -2.17. The lowest BCUT2D eigenvalue weighted by Crippen LogP contribution is -2.05. The summed E-state index contributed by atoms with van der Waals surface area (Å²) in [6.07, 6.45) is 35.6. The van der Waals surface area contributed by atoms with Crippen LogP contribution in [0.5, 0.6) is 0 Å². The van der Waals surface area contributed by atoms with E-state index in [0.717, 1.165) is 21.5 Å². The van der Waals surface area contributed by atoms with E-state index in [0.29, 0.717) is 0 Å². The number of hydrogen-bond acceptors (Lipinski definition) is 6. The van der Waals surface area contributed by atoms with Gasteiger partial charge in [0.15, 0.2) is 9.66 Å². The van der Waals surface area contributed by atoms with Crippen molar-refractivity contribution < 1.29 is 0 Å². The topological polar surface area (TPSA) is 25.8 Å². The monoisotopic (exact) mass is 754 g/mol. The van der Waals surface area contributed by atoms with Crippen molar-refractivity contribution in [3.05, 3.63) is 34.0 Å². The van der Waals surface area contributed by atoms with E-state index in [9.17, 15) is 0 Å². The molecule has 0 aromatic carbocycles. The Hall–Kier alpha value is -1.08. The molecule has 4 aromatic heterocycles. The van der Waals surface area contributed by atoms with Crippen LogP contribution in [0.3, 0.4) is 0 Å². The van der Waals surface area contributed by atoms with Gasteiger partial charge < -0.3 is 0 Å². The fourth-order valence-corrected chi connectivity index (χ4v) is 11.8. The summed E-state index contributed by atoms with van der Waals surface area (Å²) in [7, 11) is 0. The fourth-order valence-electron chi connectivity index (χ4n) is 7.67. The van der Waals surface area contributed by atoms with E-state index in [-0.39, 0.29) is 0 Å². The number of fused-ring (bicyclic) bond motifs is 1. The third kappa shape index (κ3) is 14.4. The Balaban J connectivity index is 1.40. The van der Waals surface area contributed by atoms with E-state index in [2.05, 4.69) is 50.6 Å². The normalized spacial score (nSPS) is 13.1. The zero-order valence-corrected chi connectivity index (χ0v) is 35.6. The zero-order chi connectivity index (χ0) is 35.2. The van der Waals surface area contributed by atoms with Gasteiger partial charge in [-0.25, -0.2) is 9.97 Å². The molecule has 4 heterocycles. The summed E-state index contributed by atoms with van der Waals surface area (Å²) >= 11 is 7.43. The summed E-state index contributed by atoms with van der Waals surface area (Å²) in [4.78, 5) is 15.6. The van der Waals surface area contributed by atoms with Crippen molar-refractivity contribution >= 4 is 55.0 Å². The maximum atomic E-state index is 5.25. The van der Waals surface area contributed by atoms with Gasteiger partial charge in [0.25, 0.3) is 0 Å². The number of thiazole rings is 2. The van der Waals surface area contributed by atoms with Gasteiger partial charge in [-0.2, -0.15) is 0 Å². The fraction of sp³-hybridized carbons (Fsp3) is 0.727. The predicted molar refractivity (Wildman–Crippen MR) is 230 cm³/mol. The highest BCUT2D eigenvalue weighted by molar-refractivity contribution is 7.31. The molecule has 0 spiro atoms. The lowest BCUT2D eigenvalue weighted by atomic mass is 9.89. The number of unbranched alkanes of at least 4 members (excludes halogenated alkanes) is 16. The molecule has 0 amide bonds. The molecule has 0 aliphatic heterocycles. The van der Waals surface area contributed by atoms with Gasteiger partial charge in [0.2, 0.25) is 0 Å². The largest absolute Gasteiger partial charge is 0.222 e. The molecular weight excluding hydrogens is 685 g/mol. The number of nitrogens with zero attached hydrogens (tertiary/aromatic N) is 2. The Morgan fingerprint density at radius 1 is 0.440 bits per heavy atom. The zero-order valence-electron chi connectivity index (χ0n) is 32.4. The van der Waals surface area contributed by atoms with Crippen LogP contribution in [0.2, 0.25) is 0 Å². The second-order valence-corrected chi connectivity index (χ2v) is 18.9. The highest BCUT2D eigenvalue weighted by Gasteiger charge is 2.21. The average Bonchev–Trinajstić information content (AvgIpc) is 3.92. The first-order chi connectivity index (χ1) is 24.7. The van der Waals surface area contributed by atoms with E-state index in [1.54, 1.807) is 0 Å². The molecule has 0 saturated carbocycles. The van der Waals surface area contributed by atoms with Crippen LogP contribution in [0.25, 0.3) is 29.4 Å². The standard InChI is InChI=1S/C44H70N2S4/c1-5-9-13-17-19-23-27-35(25-21-15-11-7-3)33-37-29-31-47-39(37)41-45-43-44(49-41)46-42(50-43)40-38(30-32-48-40)34-36(26-22-16-12-8-4)28-24-20-18-14-10-6-2/h29-32,35-36H,5-28,33-34H2,1-4H3. The van der Waals surface area contributed by atoms with Crippen LogP contribution >= 0.6 is 45.3 Å². The molecule has 0 aliphatic carbocycles. The van der Waals surface area contributed by atoms with Crippen LogP contribution in [0.4, 0.5) is 0 Å². The summed E-state index contributed by atoms with van der Waals surface area (Å²) in [6, 6.07) is 4.80. The molecule has 280 valence electrons. The van der Waals surface area contributed by atoms with Crippen molar-refractivity contribution in [2.45, 2.75) is 195 Å². The number of thiophene rings is 2. The van der Waals surface area contributed by atoms with Crippen molar-refractivity contribution in [1.29, 1.82) is 0 Å². The third-order valence-corrected chi connectivity index (χ3v) is 15.0. The number of aromatic nitrogens is 2. The molecule has 0 aliphatic rings. The first-order valence-corrected chi connectivity index (χ1v) is 24.5. The molecule has 0 fully saturated rings. The first kappa shape index (κ1) is 41.7. The quantitative estimate of drug-likeness (QED) is 0.0496. The van der Waals surface area contributed by atoms with Gasteiger partial charge in [-0.05, 0) is 58.7 Å². The number of rotatable bonds is 30. The molecule has 2 atom stereocenters. The maximum absolute atomic E-state index is 5.25. The Morgan fingerprint density at radius 2 is 0.760 bits per heavy atom. The predicted octanol–water partition coefficient (Wildman–Crippen LogP) is 17.0. The second-order valence-electron chi connectivity index (χ2n) is 15.2. The summed E-state index contributed by atoms with van der Waals surface area (Å²) in [5.74, 6) is 1.59. The van der Waals surface area contributed by atoms with Crippen LogP contribution < -0.4 is 0 Å². The Bertz CT molecular complexity index is 1280. The van der Waals surface area contributed by atoms with Crippen molar-refractivity contribution in [3.8, 4) is 19.8 Å². The average molecular weight is 755 g/mol. The lowest BCUT2D eigenvalue weighted by molar-refractivity contribution is 0.403. The summed E-state index contributed by atoms with van der Waals surface area (Å²) in [5.41, 5.74) is 3.05. The van der Waals surface area contributed by atoms with Gasteiger partial charge in [-0.1, -0.05) is 204 Å². The van der Waals surface area contributed by atoms with Crippen LogP contribution in [0.1, 0.15) is 193 Å². The second kappa shape index (κ2) is 25.0. The Kier molecular flexibility index (Phi) is 20.9. The molecule has 4 rings (SSSR count). The highest BCUT2D eigenvalue weighted by atomic mass is 32.1. The Morgan fingerprint density at radius 3 is 1.12 bits per heavy atom. The van der Waals surface area contributed by atoms with Crippen LogP contribution in [-0.2, 0) is 12.8 Å². The summed E-state index contributed by atoms with van der Waals surface area (Å²) < 4.78 is 0. The van der Waals surface area contributed by atoms with Crippen LogP contribution in [0.15, 0.2) is 22.9 Å². The maximum Gasteiger partial charge on any atom is 0.155 e. The molecule has 6 heteroatoms. The summed E-state index contributed by atoms with van der Waals surface area (Å²) in [6.45, 7) is 9.28. The molecule has 0 radical (unpaired) electrons. The van der Waals surface area contributed by atoms with Gasteiger partial charge in [0, 0.05) is 0 Å². The van der Waals surface area contributed by atoms with Crippen LogP contribution in [0, 0.1) is 11.8 Å². The first-order valence-electron chi connectivity index (χ1n) is 21.1. The van der Waals surface area contributed by atoms with Crippen molar-refractivity contribution in [1.82, 2.24) is 9.97 Å². The van der Waals surface area contributed by atoms with Gasteiger partial charge in [-0.3, -0.25) is 0 Å². The smallest absolute Gasteiger partial charge is 0.155 e. The number of hydrogen-bond donors (Lipinski definition) is 0. The van der Waals surface area contributed by atoms with E-state index in [1.807, 2.05) is 45.3 Å². The molecular formula is C44H70N2S4. The molecule has 50 heavy (non-hydrogen) atoms. The van der Waals surface area contributed by atoms with Gasteiger partial charge in [0.1, 0.15) is 10.0 Å². The van der Waals surface area contributed by atoms with Gasteiger partial charge in [-0.15, -0.1) is 22.7 Å². The SMILES string of the molecule is CCCCCCCCC(CCCCCC)Cc1ccsc1-c1nc2sc(-c3sccc3CC(CCCCCC)CCCCCCCC)nc2s1. The van der Waals surface area contributed by atoms with E-state index in [4.69, 9.17) is 9.97 Å². The van der Waals surface area contributed by atoms with E-state index >= 15 is 0 Å². The molecule has 0 bridgehead atoms. The third-order valence-electron chi connectivity index (χ3n) is 10.7. The summed E-state index contributed by atoms with van der Waals surface area (Å²) in [5, 5.41) is 6.99. The minimum absolute atomic E-state index is 0.797. The Labute approximate surface area is 323 Å². The molecule has 0 N–H and O–H groups in total. The molecule has 2 unspecified atom stereocenters. The molecule has 2 nitrogen and oxygen atoms in total. The van der Waals surface area contributed by atoms with Gasteiger partial charge in [0.05, 0.1) is 9.75 Å². The van der Waals surface area contributed by atoms with Crippen LogP contribution in [-0.4, -0.2) is 9.97 Å². The van der Waals surface area contributed by atoms with Crippen molar-refractivity contribution in [2.24, 2.45) is 11.8 Å². The molecule has 4 aromatic rings. The van der Waals surface area contributed by atoms with Crippen molar-refractivity contribution in [2.75, 3.05) is 0 Å². The van der Waals surface area contributed by atoms with E-state index in [1.165, 1.54) is 198 Å². The van der Waals surface area contributed by atoms with Crippen molar-refractivity contribution in [3.63, 3.8) is 0 Å². The minimum Gasteiger partial charge on any atom is -0.222 e. The van der Waals surface area contributed by atoms with Gasteiger partial charge >= 0.3 is 0 Å². The minimum atomic E-state index is 0.797.